The second-order valence-corrected chi connectivity index (χ2v) is 21.5. The summed E-state index contributed by atoms with van der Waals surface area (Å²) in [5, 5.41) is 4.29. The van der Waals surface area contributed by atoms with Crippen molar-refractivity contribution in [3.63, 3.8) is 0 Å². The normalized spacial score (nSPS) is 18.1. The van der Waals surface area contributed by atoms with Crippen molar-refractivity contribution in [2.24, 2.45) is 5.14 Å². The van der Waals surface area contributed by atoms with E-state index in [0.29, 0.717) is 43.5 Å². The van der Waals surface area contributed by atoms with E-state index in [4.69, 9.17) is 38.3 Å². The first-order valence-electron chi connectivity index (χ1n) is 20.0. The van der Waals surface area contributed by atoms with Crippen LogP contribution < -0.4 is 14.8 Å². The maximum absolute atomic E-state index is 13.5. The van der Waals surface area contributed by atoms with Crippen LogP contribution in [-0.4, -0.2) is 154 Å². The lowest BCUT2D eigenvalue weighted by atomic mass is 10.0. The van der Waals surface area contributed by atoms with Crippen LogP contribution in [0, 0.1) is 0 Å². The molecule has 2 aromatic rings. The Morgan fingerprint density at radius 3 is 2.30 bits per heavy atom. The molecule has 0 bridgehead atoms. The van der Waals surface area contributed by atoms with Crippen molar-refractivity contribution < 1.29 is 78.8 Å². The highest BCUT2D eigenvalue weighted by Gasteiger charge is 2.43. The summed E-state index contributed by atoms with van der Waals surface area (Å²) < 4.78 is 95.3. The molecular formula is C37H54N6O17S4. The van der Waals surface area contributed by atoms with Gasteiger partial charge in [0.1, 0.15) is 15.0 Å². The molecule has 23 nitrogen and oxygen atoms in total. The number of primary sulfonamides is 1. The van der Waals surface area contributed by atoms with Gasteiger partial charge in [0.15, 0.2) is 28.7 Å². The summed E-state index contributed by atoms with van der Waals surface area (Å²) in [6.07, 6.45) is -4.03. The van der Waals surface area contributed by atoms with Crippen molar-refractivity contribution in [3.8, 4) is 5.88 Å². The number of esters is 4. The fourth-order valence-corrected chi connectivity index (χ4v) is 11.4. The summed E-state index contributed by atoms with van der Waals surface area (Å²) in [5.41, 5.74) is -0.800. The van der Waals surface area contributed by atoms with E-state index < -0.39 is 98.2 Å². The minimum atomic E-state index is -4.24. The topological polar surface area (TPSA) is 297 Å². The molecule has 2 aliphatic heterocycles. The van der Waals surface area contributed by atoms with E-state index in [1.54, 1.807) is 27.7 Å². The fraction of sp³-hybridized carbons (Fsp3) is 0.676. The molecule has 0 unspecified atom stereocenters. The number of carbonyl (C=O) groups is 6. The van der Waals surface area contributed by atoms with E-state index in [9.17, 15) is 45.6 Å². The molecule has 1 fully saturated rings. The summed E-state index contributed by atoms with van der Waals surface area (Å²) in [6.45, 7) is 10.7. The molecule has 64 heavy (non-hydrogen) atoms. The van der Waals surface area contributed by atoms with Gasteiger partial charge in [-0.3, -0.25) is 19.2 Å². The molecule has 1 saturated heterocycles. The molecule has 0 aromatic carbocycles. The molecule has 0 aliphatic carbocycles. The molecule has 0 radical (unpaired) electrons. The fourth-order valence-electron chi connectivity index (χ4n) is 6.49. The average Bonchev–Trinajstić information content (AvgIpc) is 3.89. The van der Waals surface area contributed by atoms with Gasteiger partial charge in [-0.1, -0.05) is 0 Å². The molecule has 4 rings (SSSR count). The van der Waals surface area contributed by atoms with Gasteiger partial charge in [-0.15, -0.1) is 15.7 Å². The Morgan fingerprint density at radius 1 is 1.03 bits per heavy atom. The monoisotopic (exact) mass is 982 g/mol. The van der Waals surface area contributed by atoms with E-state index in [0.717, 1.165) is 24.7 Å². The zero-order chi connectivity index (χ0) is 47.6. The van der Waals surface area contributed by atoms with Gasteiger partial charge in [-0.05, 0) is 60.5 Å². The molecule has 358 valence electrons. The number of hydrogen-bond donors (Lipinski definition) is 1. The zero-order valence-corrected chi connectivity index (χ0v) is 39.7. The standard InChI is InChI=1S/C37H54N6O17S4/c1-8-42(27-16-22(2)63(50,51)35-26(27)17-31(61-35)64(38,52)53)36(49)58-21-57-30(47)11-9-10-29(46)55-20-28(45)43(37(5,6)7)18-25(60-34(48)23(3)59-24(4)44)19-56-33-32(39-62-40-33)41-12-14-54-15-13-41/h17,22-23,25,27H,8-16,18-21H2,1-7H3,(H2,38,52,53)/t22-,23-,25-,27-/m0/s1. The predicted octanol–water partition coefficient (Wildman–Crippen LogP) is 1.93. The van der Waals surface area contributed by atoms with Gasteiger partial charge in [0.2, 0.25) is 22.6 Å². The third-order valence-corrected chi connectivity index (χ3v) is 15.6. The number of sulfonamides is 1. The van der Waals surface area contributed by atoms with Crippen LogP contribution in [0.4, 0.5) is 10.6 Å². The van der Waals surface area contributed by atoms with E-state index in [1.807, 2.05) is 4.90 Å². The van der Waals surface area contributed by atoms with Crippen molar-refractivity contribution in [1.29, 1.82) is 0 Å². The van der Waals surface area contributed by atoms with Crippen LogP contribution in [0.3, 0.4) is 0 Å². The van der Waals surface area contributed by atoms with Crippen LogP contribution in [-0.2, 0) is 72.3 Å². The third-order valence-electron chi connectivity index (χ3n) is 9.77. The maximum Gasteiger partial charge on any atom is 0.413 e. The van der Waals surface area contributed by atoms with Gasteiger partial charge in [0.25, 0.3) is 11.8 Å². The van der Waals surface area contributed by atoms with E-state index in [2.05, 4.69) is 8.75 Å². The van der Waals surface area contributed by atoms with Gasteiger partial charge in [-0.25, -0.2) is 31.6 Å². The molecule has 0 saturated carbocycles. The lowest BCUT2D eigenvalue weighted by molar-refractivity contribution is -0.172. The number of rotatable bonds is 20. The zero-order valence-electron chi connectivity index (χ0n) is 36.5. The number of ether oxygens (including phenoxy) is 7. The van der Waals surface area contributed by atoms with E-state index >= 15 is 0 Å². The van der Waals surface area contributed by atoms with E-state index in [-0.39, 0.29) is 65.2 Å². The number of sulfone groups is 1. The molecule has 0 spiro atoms. The van der Waals surface area contributed by atoms with Crippen LogP contribution in [0.1, 0.15) is 85.8 Å². The van der Waals surface area contributed by atoms with Crippen LogP contribution in [0.25, 0.3) is 0 Å². The quantitative estimate of drug-likeness (QED) is 0.113. The average molecular weight is 983 g/mol. The Morgan fingerprint density at radius 2 is 1.69 bits per heavy atom. The Kier molecular flexibility index (Phi) is 18.2. The molecule has 2 aliphatic rings. The molecule has 27 heteroatoms. The number of anilines is 1. The van der Waals surface area contributed by atoms with Crippen molar-refractivity contribution in [2.45, 2.75) is 112 Å². The van der Waals surface area contributed by atoms with Gasteiger partial charge >= 0.3 is 30.0 Å². The number of aromatic nitrogens is 2. The number of carbonyl (C=O) groups excluding carboxylic acids is 6. The Labute approximate surface area is 379 Å². The number of nitrogens with zero attached hydrogens (tertiary/aromatic N) is 5. The van der Waals surface area contributed by atoms with Crippen LogP contribution >= 0.6 is 23.1 Å². The number of hydrogen-bond acceptors (Lipinski definition) is 22. The minimum Gasteiger partial charge on any atom is -0.470 e. The Hall–Kier alpha value is -4.70. The summed E-state index contributed by atoms with van der Waals surface area (Å²) >= 11 is 1.43. The highest BCUT2D eigenvalue weighted by atomic mass is 32.3. The first-order chi connectivity index (χ1) is 29.9. The van der Waals surface area contributed by atoms with Crippen LogP contribution in [0.5, 0.6) is 5.88 Å². The molecule has 2 amide bonds. The number of morpholine rings is 1. The number of nitrogens with two attached hydrogens (primary N) is 1. The van der Waals surface area contributed by atoms with Gasteiger partial charge < -0.3 is 47.9 Å². The lowest BCUT2D eigenvalue weighted by Gasteiger charge is -2.37. The predicted molar refractivity (Wildman–Crippen MR) is 225 cm³/mol. The Balaban J connectivity index is 1.27. The third kappa shape index (κ3) is 14.1. The summed E-state index contributed by atoms with van der Waals surface area (Å²) in [7, 11) is -8.12. The number of thiophene rings is 1. The largest absolute Gasteiger partial charge is 0.470 e. The molecular weight excluding hydrogens is 929 g/mol. The van der Waals surface area contributed by atoms with Crippen molar-refractivity contribution >= 4 is 84.6 Å². The summed E-state index contributed by atoms with van der Waals surface area (Å²) in [4.78, 5) is 80.6. The van der Waals surface area contributed by atoms with Crippen molar-refractivity contribution in [2.75, 3.05) is 64.3 Å². The second-order valence-electron chi connectivity index (χ2n) is 15.6. The highest BCUT2D eigenvalue weighted by Crippen LogP contribution is 2.45. The van der Waals surface area contributed by atoms with Crippen molar-refractivity contribution in [1.82, 2.24) is 18.5 Å². The highest BCUT2D eigenvalue weighted by molar-refractivity contribution is 7.95. The van der Waals surface area contributed by atoms with Gasteiger partial charge in [-0.2, -0.15) is 4.37 Å². The van der Waals surface area contributed by atoms with Gasteiger partial charge in [0, 0.05) is 50.5 Å². The lowest BCUT2D eigenvalue weighted by Crippen LogP contribution is -2.52. The molecule has 4 atom stereocenters. The first kappa shape index (κ1) is 51.9. The molecule has 4 heterocycles. The summed E-state index contributed by atoms with van der Waals surface area (Å²) in [5.74, 6) is -3.22. The SMILES string of the molecule is CCN(C(=O)OCOC(=O)CCCC(=O)OCC(=O)N(C[C@@H](COc1nsnc1N1CCOCC1)OC(=O)[C@H](C)OC(C)=O)C(C)(C)C)[C@H]1C[C@H](C)S(=O)(=O)c2sc(S(N)(=O)=O)cc21. The smallest absolute Gasteiger partial charge is 0.413 e. The maximum atomic E-state index is 13.5. The Bertz CT molecular complexity index is 2220. The second kappa shape index (κ2) is 22.5. The summed E-state index contributed by atoms with van der Waals surface area (Å²) in [6, 6.07) is 0.257. The van der Waals surface area contributed by atoms with E-state index in [1.165, 1.54) is 23.6 Å². The van der Waals surface area contributed by atoms with Gasteiger partial charge in [0.05, 0.1) is 42.8 Å². The molecule has 2 N–H and O–H groups in total. The first-order valence-corrected chi connectivity index (χ1v) is 24.7. The van der Waals surface area contributed by atoms with Crippen molar-refractivity contribution in [3.05, 3.63) is 11.6 Å². The molecule has 2 aromatic heterocycles. The van der Waals surface area contributed by atoms with Crippen LogP contribution in [0.2, 0.25) is 0 Å². The minimum absolute atomic E-state index is 0.0311. The number of fused-ring (bicyclic) bond motifs is 1. The number of amides is 2. The van der Waals surface area contributed by atoms with Crippen LogP contribution in [0.15, 0.2) is 14.5 Å².